The molecular formula is C14H20N4O. The minimum atomic E-state index is -0.271. The predicted octanol–water partition coefficient (Wildman–Crippen LogP) is 1.90. The van der Waals surface area contributed by atoms with Gasteiger partial charge in [-0.25, -0.2) is 4.98 Å². The quantitative estimate of drug-likeness (QED) is 0.870. The van der Waals surface area contributed by atoms with Crippen LogP contribution in [0.15, 0.2) is 6.07 Å². The number of nitrogens with one attached hydrogen (secondary N) is 2. The molecular weight excluding hydrogens is 240 g/mol. The van der Waals surface area contributed by atoms with Gasteiger partial charge < -0.3 is 10.6 Å². The fourth-order valence-corrected chi connectivity index (χ4v) is 1.73. The van der Waals surface area contributed by atoms with Crippen LogP contribution in [0, 0.1) is 25.2 Å². The second-order valence-electron chi connectivity index (χ2n) is 5.57. The summed E-state index contributed by atoms with van der Waals surface area (Å²) in [6.45, 7) is 9.56. The van der Waals surface area contributed by atoms with E-state index >= 15 is 0 Å². The first-order valence-corrected chi connectivity index (χ1v) is 6.16. The molecule has 5 heteroatoms. The molecule has 0 aliphatic heterocycles. The molecule has 0 saturated carbocycles. The predicted molar refractivity (Wildman–Crippen MR) is 74.8 cm³/mol. The van der Waals surface area contributed by atoms with Gasteiger partial charge in [-0.05, 0) is 46.2 Å². The van der Waals surface area contributed by atoms with Crippen LogP contribution in [0.2, 0.25) is 0 Å². The van der Waals surface area contributed by atoms with Crippen molar-refractivity contribution >= 4 is 11.7 Å². The third-order valence-electron chi connectivity index (χ3n) is 2.39. The molecule has 5 nitrogen and oxygen atoms in total. The molecule has 0 spiro atoms. The maximum absolute atomic E-state index is 11.7. The molecule has 2 N–H and O–H groups in total. The van der Waals surface area contributed by atoms with Gasteiger partial charge in [-0.15, -0.1) is 0 Å². The van der Waals surface area contributed by atoms with Crippen molar-refractivity contribution < 1.29 is 4.79 Å². The zero-order chi connectivity index (χ0) is 14.6. The third-order valence-corrected chi connectivity index (χ3v) is 2.39. The first-order valence-electron chi connectivity index (χ1n) is 6.16. The number of carbonyl (C=O) groups is 1. The van der Waals surface area contributed by atoms with Gasteiger partial charge in [0.15, 0.2) is 0 Å². The molecule has 0 saturated heterocycles. The van der Waals surface area contributed by atoms with Gasteiger partial charge in [0.2, 0.25) is 5.91 Å². The molecule has 1 aromatic heterocycles. The van der Waals surface area contributed by atoms with Gasteiger partial charge >= 0.3 is 0 Å². The molecule has 0 fully saturated rings. The van der Waals surface area contributed by atoms with E-state index in [-0.39, 0.29) is 18.0 Å². The number of amides is 1. The molecule has 1 rings (SSSR count). The largest absolute Gasteiger partial charge is 0.360 e. The van der Waals surface area contributed by atoms with Crippen LogP contribution in [0.5, 0.6) is 0 Å². The summed E-state index contributed by atoms with van der Waals surface area (Å²) in [4.78, 5) is 16.0. The molecule has 0 bridgehead atoms. The number of nitrogens with zero attached hydrogens (tertiary/aromatic N) is 2. The fraction of sp³-hybridized carbons (Fsp3) is 0.500. The number of hydrogen-bond acceptors (Lipinski definition) is 4. The second kappa shape index (κ2) is 5.70. The highest BCUT2D eigenvalue weighted by atomic mass is 16.2. The van der Waals surface area contributed by atoms with E-state index < -0.39 is 0 Å². The van der Waals surface area contributed by atoms with Crippen LogP contribution in [0.25, 0.3) is 0 Å². The Labute approximate surface area is 114 Å². The Morgan fingerprint density at radius 1 is 1.42 bits per heavy atom. The molecule has 0 atom stereocenters. The van der Waals surface area contributed by atoms with E-state index in [1.807, 2.05) is 40.7 Å². The highest BCUT2D eigenvalue weighted by Crippen LogP contribution is 2.17. The highest BCUT2D eigenvalue weighted by molar-refractivity contribution is 5.81. The number of carbonyl (C=O) groups excluding carboxylic acids is 1. The van der Waals surface area contributed by atoms with Gasteiger partial charge in [-0.1, -0.05) is 0 Å². The van der Waals surface area contributed by atoms with Gasteiger partial charge in [0.1, 0.15) is 11.9 Å². The van der Waals surface area contributed by atoms with Crippen LogP contribution in [0.3, 0.4) is 0 Å². The maximum Gasteiger partial charge on any atom is 0.239 e. The molecule has 0 aliphatic rings. The Morgan fingerprint density at radius 2 is 2.05 bits per heavy atom. The van der Waals surface area contributed by atoms with E-state index in [0.717, 1.165) is 11.3 Å². The van der Waals surface area contributed by atoms with Gasteiger partial charge in [0.25, 0.3) is 0 Å². The van der Waals surface area contributed by atoms with Crippen LogP contribution in [0.1, 0.15) is 37.6 Å². The number of rotatable bonds is 3. The molecule has 102 valence electrons. The fourth-order valence-electron chi connectivity index (χ4n) is 1.73. The van der Waals surface area contributed by atoms with Crippen molar-refractivity contribution in [3.05, 3.63) is 22.9 Å². The number of hydrogen-bond donors (Lipinski definition) is 2. The SMILES string of the molecule is Cc1cc(C)c(C#N)c(NCC(=O)NC(C)(C)C)n1. The summed E-state index contributed by atoms with van der Waals surface area (Å²) in [5.41, 5.74) is 1.88. The molecule has 0 radical (unpaired) electrons. The molecule has 1 amide bonds. The van der Waals surface area contributed by atoms with E-state index in [0.29, 0.717) is 11.4 Å². The van der Waals surface area contributed by atoms with Crippen LogP contribution in [0.4, 0.5) is 5.82 Å². The van der Waals surface area contributed by atoms with E-state index in [4.69, 9.17) is 5.26 Å². The van der Waals surface area contributed by atoms with Gasteiger partial charge in [-0.3, -0.25) is 4.79 Å². The zero-order valence-corrected chi connectivity index (χ0v) is 12.1. The molecule has 1 heterocycles. The Kier molecular flexibility index (Phi) is 4.49. The van der Waals surface area contributed by atoms with Crippen LogP contribution in [-0.2, 0) is 4.79 Å². The lowest BCUT2D eigenvalue weighted by atomic mass is 10.1. The Morgan fingerprint density at radius 3 is 2.58 bits per heavy atom. The average molecular weight is 260 g/mol. The van der Waals surface area contributed by atoms with Crippen molar-refractivity contribution in [1.82, 2.24) is 10.3 Å². The van der Waals surface area contributed by atoms with Gasteiger partial charge in [0.05, 0.1) is 12.1 Å². The van der Waals surface area contributed by atoms with Crippen molar-refractivity contribution in [2.75, 3.05) is 11.9 Å². The summed E-state index contributed by atoms with van der Waals surface area (Å²) in [6, 6.07) is 3.95. The van der Waals surface area contributed by atoms with E-state index in [1.165, 1.54) is 0 Å². The number of nitriles is 1. The second-order valence-corrected chi connectivity index (χ2v) is 5.57. The van der Waals surface area contributed by atoms with Crippen LogP contribution >= 0.6 is 0 Å². The number of aryl methyl sites for hydroxylation is 2. The highest BCUT2D eigenvalue weighted by Gasteiger charge is 2.14. The van der Waals surface area contributed by atoms with Gasteiger partial charge in [0, 0.05) is 11.2 Å². The lowest BCUT2D eigenvalue weighted by Gasteiger charge is -2.20. The van der Waals surface area contributed by atoms with Gasteiger partial charge in [-0.2, -0.15) is 5.26 Å². The number of aromatic nitrogens is 1. The summed E-state index contributed by atoms with van der Waals surface area (Å²) in [7, 11) is 0. The first kappa shape index (κ1) is 15.0. The average Bonchev–Trinajstić information content (AvgIpc) is 2.23. The Bertz CT molecular complexity index is 523. The summed E-state index contributed by atoms with van der Waals surface area (Å²) in [5.74, 6) is 0.335. The van der Waals surface area contributed by atoms with Crippen molar-refractivity contribution in [3.8, 4) is 6.07 Å². The number of pyridine rings is 1. The van der Waals surface area contributed by atoms with Crippen LogP contribution < -0.4 is 10.6 Å². The van der Waals surface area contributed by atoms with Crippen LogP contribution in [-0.4, -0.2) is 23.0 Å². The van der Waals surface area contributed by atoms with Crippen molar-refractivity contribution in [2.24, 2.45) is 0 Å². The Hall–Kier alpha value is -2.09. The zero-order valence-electron chi connectivity index (χ0n) is 12.1. The van der Waals surface area contributed by atoms with Crippen molar-refractivity contribution in [1.29, 1.82) is 5.26 Å². The molecule has 0 aromatic carbocycles. The van der Waals surface area contributed by atoms with E-state index in [2.05, 4.69) is 21.7 Å². The molecule has 1 aromatic rings. The lowest BCUT2D eigenvalue weighted by Crippen LogP contribution is -2.43. The lowest BCUT2D eigenvalue weighted by molar-refractivity contribution is -0.120. The Balaban J connectivity index is 2.79. The topological polar surface area (TPSA) is 77.8 Å². The monoisotopic (exact) mass is 260 g/mol. The molecule has 19 heavy (non-hydrogen) atoms. The minimum Gasteiger partial charge on any atom is -0.360 e. The third kappa shape index (κ3) is 4.59. The maximum atomic E-state index is 11.7. The summed E-state index contributed by atoms with van der Waals surface area (Å²) < 4.78 is 0. The summed E-state index contributed by atoms with van der Waals surface area (Å²) in [6.07, 6.45) is 0. The molecule has 0 aliphatic carbocycles. The smallest absolute Gasteiger partial charge is 0.239 e. The molecule has 0 unspecified atom stereocenters. The minimum absolute atomic E-state index is 0.0991. The summed E-state index contributed by atoms with van der Waals surface area (Å²) in [5, 5.41) is 14.9. The normalized spacial score (nSPS) is 10.7. The van der Waals surface area contributed by atoms with E-state index in [9.17, 15) is 4.79 Å². The van der Waals surface area contributed by atoms with E-state index in [1.54, 1.807) is 0 Å². The van der Waals surface area contributed by atoms with Crippen molar-refractivity contribution in [2.45, 2.75) is 40.2 Å². The first-order chi connectivity index (χ1) is 8.73. The number of anilines is 1. The summed E-state index contributed by atoms with van der Waals surface area (Å²) >= 11 is 0. The van der Waals surface area contributed by atoms with Crippen molar-refractivity contribution in [3.63, 3.8) is 0 Å². The standard InChI is InChI=1S/C14H20N4O/c1-9-6-10(2)17-13(11(9)7-15)16-8-12(19)18-14(3,4)5/h6H,8H2,1-5H3,(H,16,17)(H,18,19).